The molecule has 0 unspecified atom stereocenters. The van der Waals surface area contributed by atoms with E-state index in [1.807, 2.05) is 54.6 Å². The van der Waals surface area contributed by atoms with Crippen molar-refractivity contribution in [3.05, 3.63) is 100 Å². The minimum Gasteiger partial charge on any atom is -0.313 e. The van der Waals surface area contributed by atoms with Gasteiger partial charge in [0.1, 0.15) is 0 Å². The number of Topliss-reactive ketones (excluding diaryl/α,β-unsaturated/α-hetero) is 1. The van der Waals surface area contributed by atoms with Gasteiger partial charge < -0.3 is 4.57 Å². The highest BCUT2D eigenvalue weighted by atomic mass is 79.9. The highest BCUT2D eigenvalue weighted by Gasteiger charge is 2.21. The Hall–Kier alpha value is -3.05. The molecule has 0 N–H and O–H groups in total. The van der Waals surface area contributed by atoms with Crippen LogP contribution in [0.1, 0.15) is 26.5 Å². The zero-order valence-corrected chi connectivity index (χ0v) is 15.9. The van der Waals surface area contributed by atoms with Crippen LogP contribution in [0.4, 0.5) is 0 Å². The maximum Gasteiger partial charge on any atom is 0.228 e. The van der Waals surface area contributed by atoms with Gasteiger partial charge in [0.25, 0.3) is 0 Å². The summed E-state index contributed by atoms with van der Waals surface area (Å²) in [7, 11) is 0. The third-order valence-corrected chi connectivity index (χ3v) is 4.89. The molecule has 132 valence electrons. The van der Waals surface area contributed by atoms with Gasteiger partial charge >= 0.3 is 0 Å². The fourth-order valence-electron chi connectivity index (χ4n) is 3.00. The third kappa shape index (κ3) is 3.46. The van der Waals surface area contributed by atoms with Crippen molar-refractivity contribution in [2.45, 2.75) is 6.54 Å². The molecule has 3 aromatic carbocycles. The Morgan fingerprint density at radius 1 is 0.815 bits per heavy atom. The average molecular weight is 419 g/mol. The molecule has 0 aliphatic carbocycles. The van der Waals surface area contributed by atoms with Crippen molar-refractivity contribution < 1.29 is 9.59 Å². The predicted molar refractivity (Wildman–Crippen MR) is 108 cm³/mol. The van der Waals surface area contributed by atoms with Crippen molar-refractivity contribution in [1.29, 1.82) is 0 Å². The van der Waals surface area contributed by atoms with Gasteiger partial charge in [-0.15, -0.1) is 0 Å². The van der Waals surface area contributed by atoms with Crippen molar-refractivity contribution in [2.75, 3.05) is 0 Å². The molecule has 0 aliphatic heterocycles. The van der Waals surface area contributed by atoms with E-state index in [1.54, 1.807) is 28.8 Å². The molecule has 5 heteroatoms. The first-order valence-corrected chi connectivity index (χ1v) is 9.26. The molecule has 0 fully saturated rings. The Labute approximate surface area is 164 Å². The summed E-state index contributed by atoms with van der Waals surface area (Å²) in [6.07, 6.45) is 0. The number of hydrogen-bond acceptors (Lipinski definition) is 3. The van der Waals surface area contributed by atoms with Crippen molar-refractivity contribution in [3.63, 3.8) is 0 Å². The molecule has 0 aliphatic rings. The Morgan fingerprint density at radius 3 is 2.22 bits per heavy atom. The normalized spacial score (nSPS) is 10.9. The molecule has 4 nitrogen and oxygen atoms in total. The first kappa shape index (κ1) is 17.4. The molecule has 0 saturated carbocycles. The number of hydrogen-bond donors (Lipinski definition) is 0. The molecule has 0 radical (unpaired) electrons. The highest BCUT2D eigenvalue weighted by molar-refractivity contribution is 9.10. The minimum atomic E-state index is -0.199. The van der Waals surface area contributed by atoms with E-state index in [4.69, 9.17) is 0 Å². The zero-order chi connectivity index (χ0) is 18.8. The lowest BCUT2D eigenvalue weighted by atomic mass is 10.1. The predicted octanol–water partition coefficient (Wildman–Crippen LogP) is 4.91. The molecule has 0 atom stereocenters. The van der Waals surface area contributed by atoms with E-state index < -0.39 is 0 Å². The summed E-state index contributed by atoms with van der Waals surface area (Å²) < 4.78 is 2.61. The van der Waals surface area contributed by atoms with E-state index in [-0.39, 0.29) is 23.9 Å². The monoisotopic (exact) mass is 418 g/mol. The van der Waals surface area contributed by atoms with Crippen molar-refractivity contribution in [1.82, 2.24) is 9.55 Å². The highest BCUT2D eigenvalue weighted by Crippen LogP contribution is 2.20. The molecule has 0 spiro atoms. The number of para-hydroxylation sites is 2. The number of rotatable bonds is 5. The smallest absolute Gasteiger partial charge is 0.228 e. The second-order valence-corrected chi connectivity index (χ2v) is 7.05. The van der Waals surface area contributed by atoms with Crippen LogP contribution in [0.5, 0.6) is 0 Å². The van der Waals surface area contributed by atoms with Gasteiger partial charge in [-0.25, -0.2) is 4.98 Å². The number of benzene rings is 3. The zero-order valence-electron chi connectivity index (χ0n) is 14.3. The molecule has 0 amide bonds. The summed E-state index contributed by atoms with van der Waals surface area (Å²) >= 11 is 3.37. The summed E-state index contributed by atoms with van der Waals surface area (Å²) in [5, 5.41) is 0. The number of carbonyl (C=O) groups excluding carboxylic acids is 2. The van der Waals surface area contributed by atoms with Crippen LogP contribution < -0.4 is 0 Å². The summed E-state index contributed by atoms with van der Waals surface area (Å²) in [5.41, 5.74) is 2.60. The number of imidazole rings is 1. The molecule has 1 heterocycles. The molecular formula is C22H15BrN2O2. The Balaban J connectivity index is 1.78. The molecule has 4 rings (SSSR count). The van der Waals surface area contributed by atoms with Gasteiger partial charge in [0.05, 0.1) is 17.6 Å². The van der Waals surface area contributed by atoms with Crippen LogP contribution in [0.3, 0.4) is 0 Å². The lowest BCUT2D eigenvalue weighted by Crippen LogP contribution is -2.17. The molecule has 0 bridgehead atoms. The quantitative estimate of drug-likeness (QED) is 0.432. The van der Waals surface area contributed by atoms with E-state index in [2.05, 4.69) is 20.9 Å². The van der Waals surface area contributed by atoms with E-state index in [1.165, 1.54) is 0 Å². The van der Waals surface area contributed by atoms with Crippen molar-refractivity contribution >= 4 is 38.5 Å². The number of fused-ring (bicyclic) bond motifs is 1. The number of nitrogens with zero attached hydrogens (tertiary/aromatic N) is 2. The van der Waals surface area contributed by atoms with E-state index in [0.29, 0.717) is 16.6 Å². The van der Waals surface area contributed by atoms with E-state index in [0.717, 1.165) is 9.99 Å². The van der Waals surface area contributed by atoms with E-state index in [9.17, 15) is 9.59 Å². The Morgan fingerprint density at radius 2 is 1.48 bits per heavy atom. The maximum absolute atomic E-state index is 13.0. The van der Waals surface area contributed by atoms with Gasteiger partial charge in [0.2, 0.25) is 5.78 Å². The molecular weight excluding hydrogens is 404 g/mol. The van der Waals surface area contributed by atoms with Crippen LogP contribution in [0, 0.1) is 0 Å². The standard InChI is InChI=1S/C22H15BrN2O2/c23-17-12-10-15(11-13-17)20(26)14-25-19-9-5-4-8-18(19)24-22(25)21(27)16-6-2-1-3-7-16/h1-13H,14H2. The lowest BCUT2D eigenvalue weighted by Gasteiger charge is -2.08. The van der Waals surface area contributed by atoms with Gasteiger partial charge in [0, 0.05) is 15.6 Å². The van der Waals surface area contributed by atoms with Crippen LogP contribution in [0.15, 0.2) is 83.3 Å². The summed E-state index contributed by atoms with van der Waals surface area (Å²) in [6.45, 7) is 0.0516. The first-order valence-electron chi connectivity index (χ1n) is 8.47. The van der Waals surface area contributed by atoms with Gasteiger partial charge in [-0.05, 0) is 24.3 Å². The summed E-state index contributed by atoms with van der Waals surface area (Å²) in [5.74, 6) is -0.00367. The summed E-state index contributed by atoms with van der Waals surface area (Å²) in [4.78, 5) is 30.3. The Kier molecular flexibility index (Phi) is 4.69. The number of ketones is 2. The maximum atomic E-state index is 13.0. The topological polar surface area (TPSA) is 52.0 Å². The number of carbonyl (C=O) groups is 2. The fourth-order valence-corrected chi connectivity index (χ4v) is 3.26. The second-order valence-electron chi connectivity index (χ2n) is 6.14. The number of aromatic nitrogens is 2. The van der Waals surface area contributed by atoms with Gasteiger partial charge in [-0.2, -0.15) is 0 Å². The lowest BCUT2D eigenvalue weighted by molar-refractivity contribution is 0.0968. The average Bonchev–Trinajstić information content (AvgIpc) is 3.07. The van der Waals surface area contributed by atoms with Crippen LogP contribution in [-0.4, -0.2) is 21.1 Å². The van der Waals surface area contributed by atoms with Crippen molar-refractivity contribution in [2.24, 2.45) is 0 Å². The van der Waals surface area contributed by atoms with Crippen LogP contribution in [0.25, 0.3) is 11.0 Å². The van der Waals surface area contributed by atoms with Crippen LogP contribution in [-0.2, 0) is 6.54 Å². The Bertz CT molecular complexity index is 1130. The van der Waals surface area contributed by atoms with Gasteiger partial charge in [-0.3, -0.25) is 9.59 Å². The summed E-state index contributed by atoms with van der Waals surface area (Å²) in [6, 6.07) is 23.6. The molecule has 4 aromatic rings. The van der Waals surface area contributed by atoms with Crippen LogP contribution in [0.2, 0.25) is 0 Å². The van der Waals surface area contributed by atoms with Gasteiger partial charge in [0.15, 0.2) is 11.6 Å². The third-order valence-electron chi connectivity index (χ3n) is 4.36. The molecule has 27 heavy (non-hydrogen) atoms. The van der Waals surface area contributed by atoms with E-state index >= 15 is 0 Å². The largest absolute Gasteiger partial charge is 0.313 e. The SMILES string of the molecule is O=C(Cn1c(C(=O)c2ccccc2)nc2ccccc21)c1ccc(Br)cc1. The van der Waals surface area contributed by atoms with Crippen LogP contribution >= 0.6 is 15.9 Å². The van der Waals surface area contributed by atoms with Crippen molar-refractivity contribution in [3.8, 4) is 0 Å². The first-order chi connectivity index (χ1) is 13.1. The fraction of sp³-hybridized carbons (Fsp3) is 0.0455. The molecule has 0 saturated heterocycles. The van der Waals surface area contributed by atoms with Gasteiger partial charge in [-0.1, -0.05) is 70.5 Å². The minimum absolute atomic E-state index is 0.0516. The number of halogens is 1. The second kappa shape index (κ2) is 7.29. The molecule has 1 aromatic heterocycles.